The number of β-amino-alcohol motifs (C(OH)–C–C–N with tert-alkyl or cyclic N) is 1. The van der Waals surface area contributed by atoms with Crippen molar-refractivity contribution in [2.75, 3.05) is 39.3 Å². The van der Waals surface area contributed by atoms with Crippen LogP contribution in [0.3, 0.4) is 0 Å². The summed E-state index contributed by atoms with van der Waals surface area (Å²) < 4.78 is 0. The van der Waals surface area contributed by atoms with E-state index >= 15 is 0 Å². The molecular weight excluding hydrogens is 230 g/mol. The van der Waals surface area contributed by atoms with Crippen molar-refractivity contribution < 1.29 is 9.90 Å². The number of carbonyl (C=O) groups is 1. The van der Waals surface area contributed by atoms with Crippen molar-refractivity contribution in [1.82, 2.24) is 14.8 Å². The second kappa shape index (κ2) is 5.93. The number of aryl methyl sites for hydroxylation is 1. The Kier molecular flexibility index (Phi) is 4.28. The van der Waals surface area contributed by atoms with E-state index in [1.807, 2.05) is 24.0 Å². The van der Waals surface area contributed by atoms with Crippen molar-refractivity contribution >= 4 is 5.91 Å². The Labute approximate surface area is 107 Å². The number of aliphatic hydroxyl groups is 1. The highest BCUT2D eigenvalue weighted by Crippen LogP contribution is 2.08. The minimum absolute atomic E-state index is 0.0474. The fraction of sp³-hybridized carbons (Fsp3) is 0.538. The van der Waals surface area contributed by atoms with Crippen LogP contribution in [0, 0.1) is 6.92 Å². The van der Waals surface area contributed by atoms with Gasteiger partial charge < -0.3 is 10.0 Å². The Morgan fingerprint density at radius 2 is 2.06 bits per heavy atom. The van der Waals surface area contributed by atoms with E-state index in [9.17, 15) is 4.79 Å². The summed E-state index contributed by atoms with van der Waals surface area (Å²) in [6.45, 7) is 5.85. The SMILES string of the molecule is Cc1ccc(C(=O)N2CCN(CCO)CC2)cn1. The van der Waals surface area contributed by atoms with Crippen LogP contribution in [0.15, 0.2) is 18.3 Å². The zero-order chi connectivity index (χ0) is 13.0. The Balaban J connectivity index is 1.93. The lowest BCUT2D eigenvalue weighted by molar-refractivity contribution is 0.0614. The molecule has 98 valence electrons. The van der Waals surface area contributed by atoms with Crippen LogP contribution in [-0.2, 0) is 0 Å². The molecule has 2 rings (SSSR count). The van der Waals surface area contributed by atoms with Crippen LogP contribution >= 0.6 is 0 Å². The molecule has 1 saturated heterocycles. The molecule has 0 aromatic carbocycles. The van der Waals surface area contributed by atoms with Crippen molar-refractivity contribution in [2.45, 2.75) is 6.92 Å². The molecule has 5 nitrogen and oxygen atoms in total. The molecule has 1 fully saturated rings. The van der Waals surface area contributed by atoms with Gasteiger partial charge in [0.15, 0.2) is 0 Å². The molecule has 1 aliphatic heterocycles. The van der Waals surface area contributed by atoms with Crippen LogP contribution in [-0.4, -0.2) is 65.1 Å². The van der Waals surface area contributed by atoms with Gasteiger partial charge in [-0.1, -0.05) is 0 Å². The van der Waals surface area contributed by atoms with Gasteiger partial charge in [-0.25, -0.2) is 0 Å². The zero-order valence-electron chi connectivity index (χ0n) is 10.7. The summed E-state index contributed by atoms with van der Waals surface area (Å²) >= 11 is 0. The molecule has 0 radical (unpaired) electrons. The van der Waals surface area contributed by atoms with Crippen LogP contribution < -0.4 is 0 Å². The van der Waals surface area contributed by atoms with E-state index in [1.54, 1.807) is 6.20 Å². The monoisotopic (exact) mass is 249 g/mol. The maximum atomic E-state index is 12.2. The number of piperazine rings is 1. The number of hydrogen-bond acceptors (Lipinski definition) is 4. The van der Waals surface area contributed by atoms with Gasteiger partial charge in [-0.05, 0) is 19.1 Å². The molecule has 2 heterocycles. The van der Waals surface area contributed by atoms with E-state index in [1.165, 1.54) is 0 Å². The molecule has 0 unspecified atom stereocenters. The molecule has 1 amide bonds. The highest BCUT2D eigenvalue weighted by Gasteiger charge is 2.21. The van der Waals surface area contributed by atoms with Gasteiger partial charge in [0.2, 0.25) is 0 Å². The van der Waals surface area contributed by atoms with Crippen LogP contribution in [0.5, 0.6) is 0 Å². The fourth-order valence-electron chi connectivity index (χ4n) is 2.09. The van der Waals surface area contributed by atoms with Crippen LogP contribution in [0.2, 0.25) is 0 Å². The van der Waals surface area contributed by atoms with Gasteiger partial charge in [0.25, 0.3) is 5.91 Å². The first-order valence-electron chi connectivity index (χ1n) is 6.26. The number of aliphatic hydroxyl groups excluding tert-OH is 1. The van der Waals surface area contributed by atoms with Crippen molar-refractivity contribution in [2.24, 2.45) is 0 Å². The standard InChI is InChI=1S/C13H19N3O2/c1-11-2-3-12(10-14-11)13(18)16-6-4-15(5-7-16)8-9-17/h2-3,10,17H,4-9H2,1H3. The summed E-state index contributed by atoms with van der Waals surface area (Å²) in [5.74, 6) is 0.0474. The first kappa shape index (κ1) is 13.0. The Morgan fingerprint density at radius 3 is 2.61 bits per heavy atom. The van der Waals surface area contributed by atoms with Crippen molar-refractivity contribution in [1.29, 1.82) is 0 Å². The summed E-state index contributed by atoms with van der Waals surface area (Å²) in [4.78, 5) is 20.4. The quantitative estimate of drug-likeness (QED) is 0.828. The van der Waals surface area contributed by atoms with E-state index in [0.29, 0.717) is 25.2 Å². The molecule has 0 atom stereocenters. The zero-order valence-corrected chi connectivity index (χ0v) is 10.7. The van der Waals surface area contributed by atoms with E-state index in [0.717, 1.165) is 18.8 Å². The van der Waals surface area contributed by atoms with E-state index < -0.39 is 0 Å². The Bertz CT molecular complexity index is 397. The number of hydrogen-bond donors (Lipinski definition) is 1. The lowest BCUT2D eigenvalue weighted by Gasteiger charge is -2.34. The first-order chi connectivity index (χ1) is 8.70. The fourth-order valence-corrected chi connectivity index (χ4v) is 2.09. The average molecular weight is 249 g/mol. The van der Waals surface area contributed by atoms with Crippen LogP contribution in [0.1, 0.15) is 16.1 Å². The summed E-state index contributed by atoms with van der Waals surface area (Å²) in [5, 5.41) is 8.87. The molecule has 0 bridgehead atoms. The molecule has 0 spiro atoms. The summed E-state index contributed by atoms with van der Waals surface area (Å²) in [6.07, 6.45) is 1.64. The summed E-state index contributed by atoms with van der Waals surface area (Å²) in [5.41, 5.74) is 1.57. The Morgan fingerprint density at radius 1 is 1.33 bits per heavy atom. The molecular formula is C13H19N3O2. The maximum Gasteiger partial charge on any atom is 0.255 e. The molecule has 0 aliphatic carbocycles. The predicted molar refractivity (Wildman–Crippen MR) is 68.4 cm³/mol. The number of pyridine rings is 1. The number of nitrogens with zero attached hydrogens (tertiary/aromatic N) is 3. The highest BCUT2D eigenvalue weighted by atomic mass is 16.3. The van der Waals surface area contributed by atoms with Gasteiger partial charge in [0, 0.05) is 44.6 Å². The number of carbonyl (C=O) groups excluding carboxylic acids is 1. The minimum atomic E-state index is 0.0474. The lowest BCUT2D eigenvalue weighted by Crippen LogP contribution is -2.49. The van der Waals surface area contributed by atoms with E-state index in [4.69, 9.17) is 5.11 Å². The van der Waals surface area contributed by atoms with Gasteiger partial charge in [-0.15, -0.1) is 0 Å². The topological polar surface area (TPSA) is 56.7 Å². The number of aromatic nitrogens is 1. The third-order valence-electron chi connectivity index (χ3n) is 3.23. The second-order valence-electron chi connectivity index (χ2n) is 4.55. The van der Waals surface area contributed by atoms with Crippen molar-refractivity contribution in [3.05, 3.63) is 29.6 Å². The Hall–Kier alpha value is -1.46. The minimum Gasteiger partial charge on any atom is -0.395 e. The van der Waals surface area contributed by atoms with Crippen LogP contribution in [0.25, 0.3) is 0 Å². The molecule has 1 aliphatic rings. The van der Waals surface area contributed by atoms with Gasteiger partial charge in [-0.2, -0.15) is 0 Å². The van der Waals surface area contributed by atoms with Gasteiger partial charge in [-0.3, -0.25) is 14.7 Å². The number of amides is 1. The van der Waals surface area contributed by atoms with Gasteiger partial charge >= 0.3 is 0 Å². The first-order valence-corrected chi connectivity index (χ1v) is 6.26. The highest BCUT2D eigenvalue weighted by molar-refractivity contribution is 5.94. The molecule has 1 N–H and O–H groups in total. The molecule has 1 aromatic rings. The summed E-state index contributed by atoms with van der Waals surface area (Å²) in [6, 6.07) is 3.68. The van der Waals surface area contributed by atoms with Crippen molar-refractivity contribution in [3.63, 3.8) is 0 Å². The predicted octanol–water partition coefficient (Wildman–Crippen LogP) is 0.140. The van der Waals surface area contributed by atoms with Crippen LogP contribution in [0.4, 0.5) is 0 Å². The third kappa shape index (κ3) is 3.05. The normalized spacial score (nSPS) is 16.9. The third-order valence-corrected chi connectivity index (χ3v) is 3.23. The summed E-state index contributed by atoms with van der Waals surface area (Å²) in [7, 11) is 0. The molecule has 1 aromatic heterocycles. The maximum absolute atomic E-state index is 12.2. The average Bonchev–Trinajstić information content (AvgIpc) is 2.40. The lowest BCUT2D eigenvalue weighted by atomic mass is 10.2. The van der Waals surface area contributed by atoms with Gasteiger partial charge in [0.1, 0.15) is 0 Å². The van der Waals surface area contributed by atoms with Crippen molar-refractivity contribution in [3.8, 4) is 0 Å². The smallest absolute Gasteiger partial charge is 0.255 e. The largest absolute Gasteiger partial charge is 0.395 e. The van der Waals surface area contributed by atoms with E-state index in [-0.39, 0.29) is 12.5 Å². The molecule has 18 heavy (non-hydrogen) atoms. The molecule has 5 heteroatoms. The number of rotatable bonds is 3. The van der Waals surface area contributed by atoms with Gasteiger partial charge in [0.05, 0.1) is 12.2 Å². The molecule has 0 saturated carbocycles. The van der Waals surface area contributed by atoms with E-state index in [2.05, 4.69) is 9.88 Å². The second-order valence-corrected chi connectivity index (χ2v) is 4.55.